The molecule has 0 aromatic carbocycles. The van der Waals surface area contributed by atoms with Gasteiger partial charge in [-0.15, -0.1) is 0 Å². The van der Waals surface area contributed by atoms with Gasteiger partial charge in [0.25, 0.3) is 0 Å². The fourth-order valence-corrected chi connectivity index (χ4v) is 4.52. The molecule has 0 radical (unpaired) electrons. The van der Waals surface area contributed by atoms with Gasteiger partial charge in [0.15, 0.2) is 0 Å². The molecule has 2 aromatic heterocycles. The fourth-order valence-electron chi connectivity index (χ4n) is 4.52. The first-order valence-electron chi connectivity index (χ1n) is 9.95. The summed E-state index contributed by atoms with van der Waals surface area (Å²) in [6, 6.07) is 6.51. The summed E-state index contributed by atoms with van der Waals surface area (Å²) in [7, 11) is 2.02. The lowest BCUT2D eigenvalue weighted by Crippen LogP contribution is -2.40. The molecule has 5 nitrogen and oxygen atoms in total. The van der Waals surface area contributed by atoms with Gasteiger partial charge < -0.3 is 9.64 Å². The Labute approximate surface area is 156 Å². The van der Waals surface area contributed by atoms with Crippen LogP contribution in [0, 0.1) is 12.8 Å². The summed E-state index contributed by atoms with van der Waals surface area (Å²) in [5, 5.41) is 4.34. The maximum Gasteiger partial charge on any atom is 0.103 e. The molecule has 0 amide bonds. The Bertz CT molecular complexity index is 703. The van der Waals surface area contributed by atoms with Crippen LogP contribution in [0.1, 0.15) is 54.7 Å². The monoisotopic (exact) mass is 354 g/mol. The zero-order valence-corrected chi connectivity index (χ0v) is 16.0. The molecule has 2 saturated heterocycles. The van der Waals surface area contributed by atoms with Crippen molar-refractivity contribution >= 4 is 0 Å². The third-order valence-electron chi connectivity index (χ3n) is 6.08. The van der Waals surface area contributed by atoms with Gasteiger partial charge in [0, 0.05) is 44.2 Å². The molecule has 4 heterocycles. The van der Waals surface area contributed by atoms with Gasteiger partial charge >= 0.3 is 0 Å². The molecule has 4 rings (SSSR count). The van der Waals surface area contributed by atoms with Crippen LogP contribution in [0.15, 0.2) is 30.6 Å². The summed E-state index contributed by atoms with van der Waals surface area (Å²) < 4.78 is 8.14. The Morgan fingerprint density at radius 2 is 2.00 bits per heavy atom. The van der Waals surface area contributed by atoms with E-state index >= 15 is 0 Å². The number of hydrogen-bond acceptors (Lipinski definition) is 4. The van der Waals surface area contributed by atoms with Crippen molar-refractivity contribution in [2.45, 2.75) is 44.6 Å². The first-order valence-corrected chi connectivity index (χ1v) is 9.95. The van der Waals surface area contributed by atoms with E-state index in [-0.39, 0.29) is 6.10 Å². The molecular weight excluding hydrogens is 324 g/mol. The number of piperidine rings is 1. The Kier molecular flexibility index (Phi) is 5.36. The molecule has 0 spiro atoms. The lowest BCUT2D eigenvalue weighted by molar-refractivity contribution is -0.0449. The van der Waals surface area contributed by atoms with E-state index in [4.69, 9.17) is 4.74 Å². The molecule has 2 aliphatic rings. The maximum atomic E-state index is 6.16. The van der Waals surface area contributed by atoms with Crippen molar-refractivity contribution in [2.75, 3.05) is 26.2 Å². The SMILES string of the molecule is Cc1ccc(C2CCN(C[C@@H]3CCCO[C@H]3c3ccnn3C)CC2)cn1. The summed E-state index contributed by atoms with van der Waals surface area (Å²) in [5.41, 5.74) is 3.73. The number of aromatic nitrogens is 3. The van der Waals surface area contributed by atoms with Gasteiger partial charge in [0.05, 0.1) is 5.69 Å². The van der Waals surface area contributed by atoms with Gasteiger partial charge in [-0.05, 0) is 69.3 Å². The Balaban J connectivity index is 1.35. The summed E-state index contributed by atoms with van der Waals surface area (Å²) in [6.45, 7) is 6.40. The van der Waals surface area contributed by atoms with Crippen LogP contribution in [0.5, 0.6) is 0 Å². The van der Waals surface area contributed by atoms with Crippen LogP contribution in [0.2, 0.25) is 0 Å². The van der Waals surface area contributed by atoms with Gasteiger partial charge in [0.2, 0.25) is 0 Å². The molecule has 26 heavy (non-hydrogen) atoms. The number of rotatable bonds is 4. The normalized spacial score (nSPS) is 25.5. The van der Waals surface area contributed by atoms with Crippen LogP contribution >= 0.6 is 0 Å². The van der Waals surface area contributed by atoms with Crippen molar-refractivity contribution in [2.24, 2.45) is 13.0 Å². The molecule has 0 aliphatic carbocycles. The smallest absolute Gasteiger partial charge is 0.103 e. The number of pyridine rings is 1. The van der Waals surface area contributed by atoms with Gasteiger partial charge in [-0.1, -0.05) is 6.07 Å². The van der Waals surface area contributed by atoms with E-state index in [0.29, 0.717) is 11.8 Å². The third kappa shape index (κ3) is 3.84. The van der Waals surface area contributed by atoms with E-state index in [1.54, 1.807) is 0 Å². The Morgan fingerprint density at radius 3 is 2.69 bits per heavy atom. The van der Waals surface area contributed by atoms with Gasteiger partial charge in [-0.3, -0.25) is 9.67 Å². The van der Waals surface area contributed by atoms with E-state index in [9.17, 15) is 0 Å². The first-order chi connectivity index (χ1) is 12.7. The second-order valence-corrected chi connectivity index (χ2v) is 7.88. The Hall–Kier alpha value is -1.72. The first kappa shape index (κ1) is 17.7. The highest BCUT2D eigenvalue weighted by Crippen LogP contribution is 2.35. The standard InChI is InChI=1S/C21H30N4O/c1-16-5-6-18(14-22-16)17-8-11-25(12-9-17)15-19-4-3-13-26-21(19)20-7-10-23-24(20)2/h5-7,10,14,17,19,21H,3-4,8-9,11-13,15H2,1-2H3/t19-,21+/m0/s1. The van der Waals surface area contributed by atoms with Crippen molar-refractivity contribution < 1.29 is 4.74 Å². The van der Waals surface area contributed by atoms with Gasteiger partial charge in [-0.25, -0.2) is 0 Å². The average molecular weight is 354 g/mol. The molecule has 5 heteroatoms. The highest BCUT2D eigenvalue weighted by Gasteiger charge is 2.32. The van der Waals surface area contributed by atoms with Crippen molar-refractivity contribution in [1.82, 2.24) is 19.7 Å². The second-order valence-electron chi connectivity index (χ2n) is 7.88. The van der Waals surface area contributed by atoms with Crippen LogP contribution in [0.4, 0.5) is 0 Å². The number of aryl methyl sites for hydroxylation is 2. The molecule has 2 aliphatic heterocycles. The summed E-state index contributed by atoms with van der Waals surface area (Å²) >= 11 is 0. The Morgan fingerprint density at radius 1 is 1.15 bits per heavy atom. The van der Waals surface area contributed by atoms with Crippen LogP contribution in [-0.2, 0) is 11.8 Å². The van der Waals surface area contributed by atoms with Crippen LogP contribution in [-0.4, -0.2) is 45.9 Å². The van der Waals surface area contributed by atoms with Crippen molar-refractivity contribution in [3.05, 3.63) is 47.5 Å². The highest BCUT2D eigenvalue weighted by molar-refractivity contribution is 5.18. The lowest BCUT2D eigenvalue weighted by atomic mass is 9.88. The zero-order valence-electron chi connectivity index (χ0n) is 16.0. The molecule has 0 saturated carbocycles. The zero-order chi connectivity index (χ0) is 17.9. The van der Waals surface area contributed by atoms with Crippen molar-refractivity contribution in [3.8, 4) is 0 Å². The van der Waals surface area contributed by atoms with Crippen molar-refractivity contribution in [1.29, 1.82) is 0 Å². The largest absolute Gasteiger partial charge is 0.372 e. The summed E-state index contributed by atoms with van der Waals surface area (Å²) in [5.74, 6) is 1.23. The number of ether oxygens (including phenoxy) is 1. The van der Waals surface area contributed by atoms with E-state index in [2.05, 4.69) is 46.3 Å². The molecule has 0 unspecified atom stereocenters. The predicted octanol–water partition coefficient (Wildman–Crippen LogP) is 3.47. The highest BCUT2D eigenvalue weighted by atomic mass is 16.5. The number of nitrogens with zero attached hydrogens (tertiary/aromatic N) is 4. The second kappa shape index (κ2) is 7.89. The van der Waals surface area contributed by atoms with Gasteiger partial charge in [-0.2, -0.15) is 5.10 Å². The van der Waals surface area contributed by atoms with E-state index in [1.165, 1.54) is 50.0 Å². The number of likely N-dealkylation sites (tertiary alicyclic amines) is 1. The van der Waals surface area contributed by atoms with Crippen molar-refractivity contribution in [3.63, 3.8) is 0 Å². The minimum absolute atomic E-state index is 0.190. The molecule has 2 fully saturated rings. The molecular formula is C21H30N4O. The van der Waals surface area contributed by atoms with E-state index in [0.717, 1.165) is 18.8 Å². The average Bonchev–Trinajstić information content (AvgIpc) is 3.09. The maximum absolute atomic E-state index is 6.16. The van der Waals surface area contributed by atoms with E-state index in [1.807, 2.05) is 17.9 Å². The molecule has 2 aromatic rings. The summed E-state index contributed by atoms with van der Waals surface area (Å²) in [4.78, 5) is 7.11. The van der Waals surface area contributed by atoms with Gasteiger partial charge in [0.1, 0.15) is 6.10 Å². The van der Waals surface area contributed by atoms with Crippen LogP contribution in [0.3, 0.4) is 0 Å². The minimum atomic E-state index is 0.190. The number of hydrogen-bond donors (Lipinski definition) is 0. The quantitative estimate of drug-likeness (QED) is 0.843. The fraction of sp³-hybridized carbons (Fsp3) is 0.619. The molecule has 0 N–H and O–H groups in total. The molecule has 140 valence electrons. The topological polar surface area (TPSA) is 43.2 Å². The summed E-state index contributed by atoms with van der Waals surface area (Å²) in [6.07, 6.45) is 9.02. The van der Waals surface area contributed by atoms with E-state index < -0.39 is 0 Å². The molecule has 2 atom stereocenters. The third-order valence-corrected chi connectivity index (χ3v) is 6.08. The van der Waals surface area contributed by atoms with Crippen LogP contribution in [0.25, 0.3) is 0 Å². The minimum Gasteiger partial charge on any atom is -0.372 e. The predicted molar refractivity (Wildman–Crippen MR) is 102 cm³/mol. The van der Waals surface area contributed by atoms with Crippen LogP contribution < -0.4 is 0 Å². The molecule has 0 bridgehead atoms. The lowest BCUT2D eigenvalue weighted by Gasteiger charge is -2.38.